The highest BCUT2D eigenvalue weighted by atomic mass is 32.2. The number of benzene rings is 3. The molecule has 0 bridgehead atoms. The molecule has 0 spiro atoms. The number of hydrogen-bond donors (Lipinski definition) is 1. The summed E-state index contributed by atoms with van der Waals surface area (Å²) in [7, 11) is -2.84. The van der Waals surface area contributed by atoms with Crippen molar-refractivity contribution in [2.45, 2.75) is 51.6 Å². The van der Waals surface area contributed by atoms with Crippen LogP contribution in [0.25, 0.3) is 0 Å². The molecule has 0 unspecified atom stereocenters. The van der Waals surface area contributed by atoms with Gasteiger partial charge in [-0.25, -0.2) is 9.18 Å². The quantitative estimate of drug-likeness (QED) is 0.351. The number of carbonyl (C=O) groups is 1. The first-order chi connectivity index (χ1) is 17.1. The van der Waals surface area contributed by atoms with Crippen LogP contribution in [-0.2, 0) is 16.7 Å². The molecular weight excluding hydrogens is 483 g/mol. The zero-order valence-corrected chi connectivity index (χ0v) is 21.9. The van der Waals surface area contributed by atoms with E-state index in [1.807, 2.05) is 45.9 Å². The Balaban J connectivity index is 1.89. The molecule has 0 aliphatic rings. The fourth-order valence-corrected chi connectivity index (χ4v) is 4.62. The second-order valence-corrected chi connectivity index (χ2v) is 10.1. The molecule has 0 saturated heterocycles. The first-order valence-electron chi connectivity index (χ1n) is 11.6. The Morgan fingerprint density at radius 2 is 1.67 bits per heavy atom. The van der Waals surface area contributed by atoms with E-state index in [4.69, 9.17) is 8.92 Å². The maximum Gasteiger partial charge on any atom is 0.339 e. The SMILES string of the molecule is CC[C@@H](C)N(Cc1ccc(OC)c(OS(=O)(=O)c2ccc(F)cc2)c1)C(=O)Nc1c(C)cccc1C. The van der Waals surface area contributed by atoms with Crippen molar-refractivity contribution in [3.8, 4) is 11.5 Å². The largest absolute Gasteiger partial charge is 0.493 e. The Labute approximate surface area is 212 Å². The third-order valence-corrected chi connectivity index (χ3v) is 7.23. The Morgan fingerprint density at radius 1 is 1.03 bits per heavy atom. The van der Waals surface area contributed by atoms with Crippen LogP contribution in [0, 0.1) is 19.7 Å². The number of urea groups is 1. The van der Waals surface area contributed by atoms with E-state index in [0.29, 0.717) is 5.56 Å². The highest BCUT2D eigenvalue weighted by Gasteiger charge is 2.23. The summed E-state index contributed by atoms with van der Waals surface area (Å²) in [5, 5.41) is 3.02. The van der Waals surface area contributed by atoms with Crippen LogP contribution in [0.15, 0.2) is 65.6 Å². The second-order valence-electron chi connectivity index (χ2n) is 8.56. The van der Waals surface area contributed by atoms with Gasteiger partial charge in [-0.05, 0) is 80.3 Å². The average Bonchev–Trinajstić information content (AvgIpc) is 2.84. The molecule has 0 saturated carbocycles. The van der Waals surface area contributed by atoms with Crippen LogP contribution in [0.4, 0.5) is 14.9 Å². The Morgan fingerprint density at radius 3 is 2.25 bits per heavy atom. The number of halogens is 1. The monoisotopic (exact) mass is 514 g/mol. The molecule has 1 atom stereocenters. The molecule has 0 radical (unpaired) electrons. The number of para-hydroxylation sites is 1. The summed E-state index contributed by atoms with van der Waals surface area (Å²) in [5.41, 5.74) is 3.33. The van der Waals surface area contributed by atoms with E-state index in [9.17, 15) is 17.6 Å². The van der Waals surface area contributed by atoms with Crippen molar-refractivity contribution < 1.29 is 26.5 Å². The zero-order valence-electron chi connectivity index (χ0n) is 21.0. The highest BCUT2D eigenvalue weighted by molar-refractivity contribution is 7.87. The smallest absolute Gasteiger partial charge is 0.339 e. The Kier molecular flexibility index (Phi) is 8.57. The van der Waals surface area contributed by atoms with Gasteiger partial charge >= 0.3 is 16.1 Å². The highest BCUT2D eigenvalue weighted by Crippen LogP contribution is 2.32. The molecule has 7 nitrogen and oxygen atoms in total. The molecule has 0 fully saturated rings. The molecule has 192 valence electrons. The predicted molar refractivity (Wildman–Crippen MR) is 137 cm³/mol. The average molecular weight is 515 g/mol. The van der Waals surface area contributed by atoms with Crippen LogP contribution in [0.1, 0.15) is 37.0 Å². The van der Waals surface area contributed by atoms with Crippen LogP contribution in [0.2, 0.25) is 0 Å². The molecule has 3 aromatic carbocycles. The third-order valence-electron chi connectivity index (χ3n) is 5.98. The van der Waals surface area contributed by atoms with Crippen LogP contribution in [0.5, 0.6) is 11.5 Å². The lowest BCUT2D eigenvalue weighted by atomic mass is 10.1. The van der Waals surface area contributed by atoms with Crippen molar-refractivity contribution in [1.82, 2.24) is 4.90 Å². The lowest BCUT2D eigenvalue weighted by Gasteiger charge is -2.29. The first-order valence-corrected chi connectivity index (χ1v) is 13.0. The summed E-state index contributed by atoms with van der Waals surface area (Å²) in [5.74, 6) is -0.379. The van der Waals surface area contributed by atoms with Crippen LogP contribution < -0.4 is 14.2 Å². The standard InChI is InChI=1S/C27H31FN2O5S/c1-6-20(4)30(27(31)29-26-18(2)8-7-9-19(26)3)17-21-10-15-24(34-5)25(16-21)35-36(32,33)23-13-11-22(28)12-14-23/h7-16,20H,6,17H2,1-5H3,(H,29,31)/t20-/m1/s1. The van der Waals surface area contributed by atoms with Gasteiger partial charge in [0.1, 0.15) is 10.7 Å². The number of ether oxygens (including phenoxy) is 1. The van der Waals surface area contributed by atoms with Gasteiger partial charge in [-0.2, -0.15) is 8.42 Å². The zero-order chi connectivity index (χ0) is 26.5. The summed E-state index contributed by atoms with van der Waals surface area (Å²) >= 11 is 0. The molecular formula is C27H31FN2O5S. The summed E-state index contributed by atoms with van der Waals surface area (Å²) in [4.78, 5) is 14.8. The molecule has 3 rings (SSSR count). The van der Waals surface area contributed by atoms with Gasteiger partial charge in [0.25, 0.3) is 0 Å². The number of amides is 2. The molecule has 36 heavy (non-hydrogen) atoms. The fourth-order valence-electron chi connectivity index (χ4n) is 3.69. The van der Waals surface area contributed by atoms with Crippen molar-refractivity contribution in [2.75, 3.05) is 12.4 Å². The summed E-state index contributed by atoms with van der Waals surface area (Å²) in [6, 6.07) is 14.7. The lowest BCUT2D eigenvalue weighted by Crippen LogP contribution is -2.40. The molecule has 1 N–H and O–H groups in total. The van der Waals surface area contributed by atoms with Gasteiger partial charge in [0.2, 0.25) is 0 Å². The van der Waals surface area contributed by atoms with E-state index in [1.54, 1.807) is 17.0 Å². The lowest BCUT2D eigenvalue weighted by molar-refractivity contribution is 0.187. The van der Waals surface area contributed by atoms with Gasteiger partial charge < -0.3 is 19.1 Å². The number of methoxy groups -OCH3 is 1. The number of carbonyl (C=O) groups excluding carboxylic acids is 1. The number of rotatable bonds is 9. The number of aryl methyl sites for hydroxylation is 2. The maximum absolute atomic E-state index is 13.3. The molecule has 2 amide bonds. The van der Waals surface area contributed by atoms with Gasteiger partial charge in [-0.1, -0.05) is 31.2 Å². The van der Waals surface area contributed by atoms with E-state index >= 15 is 0 Å². The van der Waals surface area contributed by atoms with E-state index in [2.05, 4.69) is 5.32 Å². The van der Waals surface area contributed by atoms with Crippen LogP contribution >= 0.6 is 0 Å². The van der Waals surface area contributed by atoms with Crippen molar-refractivity contribution in [3.63, 3.8) is 0 Å². The minimum Gasteiger partial charge on any atom is -0.493 e. The third kappa shape index (κ3) is 6.34. The first kappa shape index (κ1) is 27.0. The summed E-state index contributed by atoms with van der Waals surface area (Å²) in [6.07, 6.45) is 0.721. The van der Waals surface area contributed by atoms with E-state index in [-0.39, 0.29) is 35.0 Å². The minimum absolute atomic E-state index is 0.0291. The number of nitrogens with zero attached hydrogens (tertiary/aromatic N) is 1. The topological polar surface area (TPSA) is 84.9 Å². The predicted octanol–water partition coefficient (Wildman–Crippen LogP) is 6.05. The Bertz CT molecular complexity index is 1310. The van der Waals surface area contributed by atoms with Gasteiger partial charge in [0.15, 0.2) is 11.5 Å². The molecule has 0 aliphatic carbocycles. The fraction of sp³-hybridized carbons (Fsp3) is 0.296. The van der Waals surface area contributed by atoms with Crippen molar-refractivity contribution in [2.24, 2.45) is 0 Å². The number of anilines is 1. The van der Waals surface area contributed by atoms with Crippen molar-refractivity contribution in [1.29, 1.82) is 0 Å². The molecule has 0 aliphatic heterocycles. The maximum atomic E-state index is 13.3. The summed E-state index contributed by atoms with van der Waals surface area (Å²) in [6.45, 7) is 8.02. The second kappa shape index (κ2) is 11.4. The van der Waals surface area contributed by atoms with Crippen LogP contribution in [0.3, 0.4) is 0 Å². The van der Waals surface area contributed by atoms with E-state index in [1.165, 1.54) is 13.2 Å². The van der Waals surface area contributed by atoms with Gasteiger partial charge in [-0.15, -0.1) is 0 Å². The van der Waals surface area contributed by atoms with E-state index < -0.39 is 15.9 Å². The number of nitrogens with one attached hydrogen (secondary N) is 1. The molecule has 0 aromatic heterocycles. The van der Waals surface area contributed by atoms with E-state index in [0.717, 1.165) is 47.5 Å². The summed E-state index contributed by atoms with van der Waals surface area (Å²) < 4.78 is 49.4. The molecule has 9 heteroatoms. The normalized spacial score (nSPS) is 12.1. The van der Waals surface area contributed by atoms with Gasteiger partial charge in [0.05, 0.1) is 7.11 Å². The van der Waals surface area contributed by atoms with Crippen molar-refractivity contribution in [3.05, 3.63) is 83.2 Å². The van der Waals surface area contributed by atoms with Crippen LogP contribution in [-0.4, -0.2) is 32.5 Å². The van der Waals surface area contributed by atoms with Gasteiger partial charge in [0, 0.05) is 18.3 Å². The molecule has 3 aromatic rings. The van der Waals surface area contributed by atoms with Crippen molar-refractivity contribution >= 4 is 21.8 Å². The number of hydrogen-bond acceptors (Lipinski definition) is 5. The molecule has 0 heterocycles. The Hall–Kier alpha value is -3.59. The van der Waals surface area contributed by atoms with Gasteiger partial charge in [-0.3, -0.25) is 0 Å². The minimum atomic E-state index is -4.24.